The fraction of sp³-hybridized carbons (Fsp3) is 0.429. The number of aliphatic hydroxyl groups is 1. The number of nitro groups is 1. The molecule has 31 heavy (non-hydrogen) atoms. The van der Waals surface area contributed by atoms with Crippen LogP contribution in [0.3, 0.4) is 0 Å². The van der Waals surface area contributed by atoms with E-state index in [1.807, 2.05) is 11.3 Å². The largest absolute Gasteiger partial charge is 0.387 e. The number of nitrogens with zero attached hydrogens (tertiary/aromatic N) is 2. The van der Waals surface area contributed by atoms with E-state index in [2.05, 4.69) is 42.6 Å². The maximum atomic E-state index is 10.9. The quantitative estimate of drug-likeness (QED) is 0.225. The van der Waals surface area contributed by atoms with E-state index >= 15 is 0 Å². The molecule has 0 fully saturated rings. The van der Waals surface area contributed by atoms with Gasteiger partial charge in [-0.2, -0.15) is 11.8 Å². The van der Waals surface area contributed by atoms with Crippen LogP contribution in [0.25, 0.3) is 0 Å². The van der Waals surface area contributed by atoms with Gasteiger partial charge in [0.1, 0.15) is 0 Å². The number of aryl methyl sites for hydroxylation is 1. The van der Waals surface area contributed by atoms with Gasteiger partial charge in [0, 0.05) is 45.9 Å². The molecule has 0 aliphatic rings. The second-order valence-electron chi connectivity index (χ2n) is 7.32. The summed E-state index contributed by atoms with van der Waals surface area (Å²) in [7, 11) is 4.13. The van der Waals surface area contributed by atoms with Crippen LogP contribution in [0.5, 0.6) is 0 Å². The van der Waals surface area contributed by atoms with Gasteiger partial charge in [-0.1, -0.05) is 23.7 Å². The lowest BCUT2D eigenvalue weighted by Crippen LogP contribution is -2.31. The number of hydrogen-bond donors (Lipinski definition) is 3. The summed E-state index contributed by atoms with van der Waals surface area (Å²) in [5, 5.41) is 27.7. The van der Waals surface area contributed by atoms with E-state index < -0.39 is 11.0 Å². The van der Waals surface area contributed by atoms with Crippen molar-refractivity contribution in [2.24, 2.45) is 0 Å². The molecule has 2 rings (SSSR count). The van der Waals surface area contributed by atoms with Gasteiger partial charge < -0.3 is 20.6 Å². The lowest BCUT2D eigenvalue weighted by atomic mass is 10.1. The Kier molecular flexibility index (Phi) is 10.6. The highest BCUT2D eigenvalue weighted by Gasteiger charge is 2.11. The van der Waals surface area contributed by atoms with Crippen LogP contribution in [0, 0.1) is 17.0 Å². The number of thioether (sulfide) groups is 1. The lowest BCUT2D eigenvalue weighted by molar-refractivity contribution is -0.404. The highest BCUT2D eigenvalue weighted by atomic mass is 35.5. The standard InChI is InChI=1S/C21H29ClN4O3S2/c1-15-9-18(31-20(15)12-25(2)3)14-30-8-7-23-21(13-26(28)29)24-11-19(27)16-5-4-6-17(22)10-16/h4-6,9-10,13,19,23-24,27H,7-8,11-12,14H2,1-3H3/b21-13-. The van der Waals surface area contributed by atoms with Crippen molar-refractivity contribution in [1.29, 1.82) is 0 Å². The molecule has 0 saturated heterocycles. The van der Waals surface area contributed by atoms with E-state index in [1.165, 1.54) is 15.3 Å². The summed E-state index contributed by atoms with van der Waals surface area (Å²) in [6.07, 6.45) is 0.0503. The molecule has 0 bridgehead atoms. The molecule has 0 radical (unpaired) electrons. The molecule has 170 valence electrons. The molecule has 0 aliphatic heterocycles. The van der Waals surface area contributed by atoms with E-state index in [9.17, 15) is 15.2 Å². The van der Waals surface area contributed by atoms with E-state index in [0.29, 0.717) is 17.1 Å². The molecule has 0 amide bonds. The number of benzene rings is 1. The van der Waals surface area contributed by atoms with E-state index in [1.54, 1.807) is 36.0 Å². The topological polar surface area (TPSA) is 90.7 Å². The van der Waals surface area contributed by atoms with Crippen LogP contribution in [-0.4, -0.2) is 47.9 Å². The Bertz CT molecular complexity index is 889. The third-order valence-electron chi connectivity index (χ3n) is 4.29. The van der Waals surface area contributed by atoms with Gasteiger partial charge in [-0.15, -0.1) is 11.3 Å². The first-order valence-electron chi connectivity index (χ1n) is 9.82. The fourth-order valence-corrected chi connectivity index (χ4v) is 5.29. The number of halogens is 1. The van der Waals surface area contributed by atoms with Gasteiger partial charge in [0.15, 0.2) is 5.82 Å². The molecule has 10 heteroatoms. The fourth-order valence-electron chi connectivity index (χ4n) is 2.83. The Morgan fingerprint density at radius 3 is 2.84 bits per heavy atom. The van der Waals surface area contributed by atoms with E-state index in [4.69, 9.17) is 11.6 Å². The van der Waals surface area contributed by atoms with Crippen molar-refractivity contribution >= 4 is 34.7 Å². The predicted octanol–water partition coefficient (Wildman–Crippen LogP) is 3.99. The minimum atomic E-state index is -0.830. The van der Waals surface area contributed by atoms with Crippen LogP contribution >= 0.6 is 34.7 Å². The maximum Gasteiger partial charge on any atom is 0.274 e. The molecule has 1 aromatic heterocycles. The normalized spacial score (nSPS) is 12.8. The molecule has 0 aliphatic carbocycles. The van der Waals surface area contributed by atoms with Crippen LogP contribution < -0.4 is 10.6 Å². The lowest BCUT2D eigenvalue weighted by Gasteiger charge is -2.15. The van der Waals surface area contributed by atoms with Gasteiger partial charge in [0.05, 0.1) is 11.0 Å². The zero-order valence-corrected chi connectivity index (χ0v) is 20.3. The van der Waals surface area contributed by atoms with Crippen LogP contribution in [0.15, 0.2) is 42.4 Å². The summed E-state index contributed by atoms with van der Waals surface area (Å²) in [5.41, 5.74) is 1.97. The van der Waals surface area contributed by atoms with Gasteiger partial charge >= 0.3 is 0 Å². The highest BCUT2D eigenvalue weighted by molar-refractivity contribution is 7.98. The summed E-state index contributed by atoms with van der Waals surface area (Å²) in [4.78, 5) is 15.3. The number of rotatable bonds is 13. The Labute approximate surface area is 196 Å². The number of nitrogens with one attached hydrogen (secondary N) is 2. The van der Waals surface area contributed by atoms with Crippen molar-refractivity contribution in [2.75, 3.05) is 32.9 Å². The first-order chi connectivity index (χ1) is 14.7. The minimum Gasteiger partial charge on any atom is -0.387 e. The van der Waals surface area contributed by atoms with Crippen molar-refractivity contribution in [1.82, 2.24) is 15.5 Å². The van der Waals surface area contributed by atoms with Gasteiger partial charge in [-0.25, -0.2) is 0 Å². The van der Waals surface area contributed by atoms with Crippen LogP contribution in [0.1, 0.15) is 27.0 Å². The van der Waals surface area contributed by atoms with Gasteiger partial charge in [0.25, 0.3) is 6.20 Å². The first kappa shape index (κ1) is 25.5. The van der Waals surface area contributed by atoms with Crippen molar-refractivity contribution in [3.8, 4) is 0 Å². The predicted molar refractivity (Wildman–Crippen MR) is 130 cm³/mol. The third kappa shape index (κ3) is 9.49. The summed E-state index contributed by atoms with van der Waals surface area (Å²) in [6.45, 7) is 3.79. The summed E-state index contributed by atoms with van der Waals surface area (Å²) in [6, 6.07) is 9.15. The van der Waals surface area contributed by atoms with Crippen LogP contribution in [-0.2, 0) is 12.3 Å². The Balaban J connectivity index is 1.77. The zero-order valence-electron chi connectivity index (χ0n) is 17.9. The van der Waals surface area contributed by atoms with Crippen molar-refractivity contribution in [3.63, 3.8) is 0 Å². The zero-order chi connectivity index (χ0) is 22.8. The summed E-state index contributed by atoms with van der Waals surface area (Å²) in [5.74, 6) is 1.98. The summed E-state index contributed by atoms with van der Waals surface area (Å²) >= 11 is 9.56. The second-order valence-corrected chi connectivity index (χ2v) is 10.1. The number of aliphatic hydroxyl groups excluding tert-OH is 1. The maximum absolute atomic E-state index is 10.9. The second kappa shape index (κ2) is 12.9. The number of thiophene rings is 1. The molecule has 7 nitrogen and oxygen atoms in total. The van der Waals surface area contributed by atoms with Crippen molar-refractivity contribution in [2.45, 2.75) is 25.3 Å². The highest BCUT2D eigenvalue weighted by Crippen LogP contribution is 2.26. The smallest absolute Gasteiger partial charge is 0.274 e. The molecule has 0 saturated carbocycles. The Morgan fingerprint density at radius 1 is 1.39 bits per heavy atom. The SMILES string of the molecule is Cc1cc(CSCCN/C(=C/[N+](=O)[O-])NCC(O)c2cccc(Cl)c2)sc1CN(C)C. The Morgan fingerprint density at radius 2 is 2.16 bits per heavy atom. The van der Waals surface area contributed by atoms with Crippen LogP contribution in [0.2, 0.25) is 5.02 Å². The Hall–Kier alpha value is -1.78. The van der Waals surface area contributed by atoms with Gasteiger partial charge in [0.2, 0.25) is 0 Å². The van der Waals surface area contributed by atoms with Gasteiger partial charge in [-0.3, -0.25) is 10.1 Å². The monoisotopic (exact) mass is 484 g/mol. The number of hydrogen-bond acceptors (Lipinski definition) is 8. The molecule has 1 atom stereocenters. The molecule has 0 spiro atoms. The first-order valence-corrected chi connectivity index (χ1v) is 12.2. The third-order valence-corrected chi connectivity index (χ3v) is 6.94. The van der Waals surface area contributed by atoms with Crippen LogP contribution in [0.4, 0.5) is 0 Å². The molecule has 2 aromatic rings. The average Bonchev–Trinajstić information content (AvgIpc) is 3.03. The minimum absolute atomic E-state index is 0.128. The summed E-state index contributed by atoms with van der Waals surface area (Å²) < 4.78 is 0. The molecule has 1 unspecified atom stereocenters. The van der Waals surface area contributed by atoms with Crippen molar-refractivity contribution in [3.05, 3.63) is 78.4 Å². The molecule has 3 N–H and O–H groups in total. The van der Waals surface area contributed by atoms with Gasteiger partial charge in [-0.05, 0) is 50.3 Å². The average molecular weight is 485 g/mol. The molecular weight excluding hydrogens is 456 g/mol. The molecule has 1 heterocycles. The molecular formula is C21H29ClN4O3S2. The molecule has 1 aromatic carbocycles. The van der Waals surface area contributed by atoms with E-state index in [0.717, 1.165) is 24.3 Å². The van der Waals surface area contributed by atoms with E-state index in [-0.39, 0.29) is 12.4 Å². The van der Waals surface area contributed by atoms with Crippen molar-refractivity contribution < 1.29 is 10.0 Å².